The zero-order valence-corrected chi connectivity index (χ0v) is 16.7. The molecule has 0 saturated heterocycles. The molecule has 2 heterocycles. The van der Waals surface area contributed by atoms with E-state index >= 15 is 0 Å². The second-order valence-corrected chi connectivity index (χ2v) is 7.86. The molecule has 28 heavy (non-hydrogen) atoms. The van der Waals surface area contributed by atoms with E-state index in [9.17, 15) is 4.79 Å². The molecule has 5 rings (SSSR count). The number of carbonyl (C=O) groups is 1. The second-order valence-electron chi connectivity index (χ2n) is 7.01. The van der Waals surface area contributed by atoms with Gasteiger partial charge in [-0.2, -0.15) is 0 Å². The molecule has 4 nitrogen and oxygen atoms in total. The summed E-state index contributed by atoms with van der Waals surface area (Å²) >= 11 is 3.64. The Bertz CT molecular complexity index is 1220. The Balaban J connectivity index is 1.73. The molecule has 1 aromatic heterocycles. The van der Waals surface area contributed by atoms with Crippen LogP contribution in [0, 0.1) is 0 Å². The minimum Gasteiger partial charge on any atom is -0.425 e. The highest BCUT2D eigenvalue weighted by atomic mass is 79.9. The number of hydrogen-bond acceptors (Lipinski definition) is 3. The van der Waals surface area contributed by atoms with Crippen LogP contribution in [0.1, 0.15) is 12.6 Å². The van der Waals surface area contributed by atoms with Crippen molar-refractivity contribution in [3.05, 3.63) is 89.0 Å². The number of esters is 1. The van der Waals surface area contributed by atoms with Gasteiger partial charge in [-0.15, -0.1) is 0 Å². The van der Waals surface area contributed by atoms with Crippen LogP contribution in [0.25, 0.3) is 16.6 Å². The van der Waals surface area contributed by atoms with E-state index in [-0.39, 0.29) is 5.97 Å². The first-order valence-electron chi connectivity index (χ1n) is 9.03. The van der Waals surface area contributed by atoms with Crippen LogP contribution in [-0.4, -0.2) is 10.5 Å². The van der Waals surface area contributed by atoms with Gasteiger partial charge in [-0.1, -0.05) is 52.3 Å². The Morgan fingerprint density at radius 1 is 1.00 bits per heavy atom. The maximum Gasteiger partial charge on any atom is 0.343 e. The van der Waals surface area contributed by atoms with Gasteiger partial charge in [0, 0.05) is 9.86 Å². The Morgan fingerprint density at radius 3 is 2.57 bits per heavy atom. The van der Waals surface area contributed by atoms with Crippen molar-refractivity contribution < 1.29 is 9.53 Å². The molecule has 1 atom stereocenters. The number of halogens is 1. The third-order valence-corrected chi connectivity index (χ3v) is 5.89. The maximum atomic E-state index is 13.3. The number of fused-ring (bicyclic) bond motifs is 5. The van der Waals surface area contributed by atoms with E-state index in [2.05, 4.69) is 37.9 Å². The summed E-state index contributed by atoms with van der Waals surface area (Å²) in [6.07, 6.45) is 0. The first-order valence-corrected chi connectivity index (χ1v) is 9.82. The molecular weight excluding hydrogens is 416 g/mol. The lowest BCUT2D eigenvalue weighted by Gasteiger charge is -2.36. The molecule has 0 bridgehead atoms. The number of hydrogen-bond donors (Lipinski definition) is 1. The smallest absolute Gasteiger partial charge is 0.343 e. The lowest BCUT2D eigenvalue weighted by atomic mass is 9.94. The fraction of sp³-hybridized carbons (Fsp3) is 0.0870. The molecule has 0 saturated carbocycles. The summed E-state index contributed by atoms with van der Waals surface area (Å²) in [5.74, 6) is 0.173. The van der Waals surface area contributed by atoms with E-state index < -0.39 is 5.54 Å². The van der Waals surface area contributed by atoms with Crippen LogP contribution in [0.4, 0.5) is 5.69 Å². The van der Waals surface area contributed by atoms with Crippen LogP contribution < -0.4 is 10.1 Å². The van der Waals surface area contributed by atoms with Crippen molar-refractivity contribution in [3.8, 4) is 11.4 Å². The standard InChI is InChI=1S/C23H17BrN2O2/c1-23(22(27)28-15-8-3-2-4-9-15)21-14-16-17(24)10-7-13-19(16)26(21)20-12-6-5-11-18(20)25-23/h2-14,25H,1H3/t23-/m0/s1. The van der Waals surface area contributed by atoms with E-state index in [0.29, 0.717) is 5.75 Å². The SMILES string of the molecule is C[C@]1(C(=O)Oc2ccccc2)Nc2ccccc2-n2c1cc1c(Br)cccc12. The number of anilines is 1. The van der Waals surface area contributed by atoms with Gasteiger partial charge in [0.1, 0.15) is 5.75 Å². The van der Waals surface area contributed by atoms with Crippen LogP contribution in [0.2, 0.25) is 0 Å². The van der Waals surface area contributed by atoms with Crippen LogP contribution in [0.5, 0.6) is 5.75 Å². The topological polar surface area (TPSA) is 43.3 Å². The zero-order valence-electron chi connectivity index (χ0n) is 15.1. The number of nitrogens with zero attached hydrogens (tertiary/aromatic N) is 1. The quantitative estimate of drug-likeness (QED) is 0.329. The number of nitrogens with one attached hydrogen (secondary N) is 1. The molecular formula is C23H17BrN2O2. The fourth-order valence-electron chi connectivity index (χ4n) is 3.78. The molecule has 3 aromatic carbocycles. The van der Waals surface area contributed by atoms with Crippen molar-refractivity contribution in [1.29, 1.82) is 0 Å². The van der Waals surface area contributed by atoms with Crippen molar-refractivity contribution >= 4 is 38.5 Å². The van der Waals surface area contributed by atoms with Gasteiger partial charge in [-0.05, 0) is 49.4 Å². The highest BCUT2D eigenvalue weighted by Crippen LogP contribution is 2.43. The molecule has 0 spiro atoms. The maximum absolute atomic E-state index is 13.3. The number of rotatable bonds is 2. The lowest BCUT2D eigenvalue weighted by Crippen LogP contribution is -2.47. The van der Waals surface area contributed by atoms with E-state index in [1.54, 1.807) is 12.1 Å². The van der Waals surface area contributed by atoms with Crippen LogP contribution in [0.3, 0.4) is 0 Å². The van der Waals surface area contributed by atoms with Crippen molar-refractivity contribution in [1.82, 2.24) is 4.57 Å². The third kappa shape index (κ3) is 2.47. The summed E-state index contributed by atoms with van der Waals surface area (Å²) in [5, 5.41) is 4.47. The molecule has 0 fully saturated rings. The molecule has 0 amide bonds. The van der Waals surface area contributed by atoms with Gasteiger partial charge in [0.15, 0.2) is 5.54 Å². The monoisotopic (exact) mass is 432 g/mol. The first kappa shape index (κ1) is 17.1. The van der Waals surface area contributed by atoms with Crippen molar-refractivity contribution in [2.45, 2.75) is 12.5 Å². The third-order valence-electron chi connectivity index (χ3n) is 5.20. The average molecular weight is 433 g/mol. The minimum atomic E-state index is -1.04. The molecule has 1 aliphatic rings. The minimum absolute atomic E-state index is 0.353. The molecule has 138 valence electrons. The summed E-state index contributed by atoms with van der Waals surface area (Å²) in [5.41, 5.74) is 2.74. The van der Waals surface area contributed by atoms with Crippen LogP contribution >= 0.6 is 15.9 Å². The summed E-state index contributed by atoms with van der Waals surface area (Å²) < 4.78 is 8.85. The summed E-state index contributed by atoms with van der Waals surface area (Å²) in [4.78, 5) is 13.3. The van der Waals surface area contributed by atoms with Gasteiger partial charge in [0.05, 0.1) is 22.6 Å². The van der Waals surface area contributed by atoms with Crippen LogP contribution in [0.15, 0.2) is 83.3 Å². The van der Waals surface area contributed by atoms with Crippen molar-refractivity contribution in [2.75, 3.05) is 5.32 Å². The molecule has 0 radical (unpaired) electrons. The van der Waals surface area contributed by atoms with Crippen LogP contribution in [-0.2, 0) is 10.3 Å². The molecule has 0 unspecified atom stereocenters. The molecule has 4 aromatic rings. The highest BCUT2D eigenvalue weighted by molar-refractivity contribution is 9.10. The molecule has 0 aliphatic carbocycles. The Kier molecular flexibility index (Phi) is 3.81. The van der Waals surface area contributed by atoms with Gasteiger partial charge in [-0.25, -0.2) is 4.79 Å². The number of ether oxygens (including phenoxy) is 1. The van der Waals surface area contributed by atoms with Gasteiger partial charge in [0.25, 0.3) is 0 Å². The molecule has 5 heteroatoms. The average Bonchev–Trinajstić information content (AvgIpc) is 3.11. The number of para-hydroxylation sites is 3. The first-order chi connectivity index (χ1) is 13.6. The molecule has 1 aliphatic heterocycles. The predicted octanol–water partition coefficient (Wildman–Crippen LogP) is 5.64. The largest absolute Gasteiger partial charge is 0.425 e. The number of benzene rings is 3. The highest BCUT2D eigenvalue weighted by Gasteiger charge is 2.44. The van der Waals surface area contributed by atoms with Gasteiger partial charge in [-0.3, -0.25) is 0 Å². The Hall–Kier alpha value is -3.05. The second kappa shape index (κ2) is 6.24. The van der Waals surface area contributed by atoms with Crippen molar-refractivity contribution in [3.63, 3.8) is 0 Å². The van der Waals surface area contributed by atoms with E-state index in [1.807, 2.05) is 61.5 Å². The summed E-state index contributed by atoms with van der Waals surface area (Å²) in [7, 11) is 0. The number of carbonyl (C=O) groups excluding carboxylic acids is 1. The Morgan fingerprint density at radius 2 is 1.75 bits per heavy atom. The Labute approximate surface area is 170 Å². The zero-order chi connectivity index (χ0) is 19.3. The lowest BCUT2D eigenvalue weighted by molar-refractivity contribution is -0.139. The van der Waals surface area contributed by atoms with Gasteiger partial charge < -0.3 is 14.6 Å². The van der Waals surface area contributed by atoms with E-state index in [0.717, 1.165) is 32.4 Å². The normalized spacial score (nSPS) is 17.5. The fourth-order valence-corrected chi connectivity index (χ4v) is 4.25. The van der Waals surface area contributed by atoms with Gasteiger partial charge >= 0.3 is 5.97 Å². The molecule has 1 N–H and O–H groups in total. The summed E-state index contributed by atoms with van der Waals surface area (Å²) in [6.45, 7) is 1.87. The predicted molar refractivity (Wildman–Crippen MR) is 114 cm³/mol. The van der Waals surface area contributed by atoms with Gasteiger partial charge in [0.2, 0.25) is 0 Å². The van der Waals surface area contributed by atoms with Crippen molar-refractivity contribution in [2.24, 2.45) is 0 Å². The summed E-state index contributed by atoms with van der Waals surface area (Å²) in [6, 6.07) is 25.3. The van der Waals surface area contributed by atoms with E-state index in [1.165, 1.54) is 0 Å². The number of aromatic nitrogens is 1. The van der Waals surface area contributed by atoms with E-state index in [4.69, 9.17) is 4.74 Å².